The van der Waals surface area contributed by atoms with Gasteiger partial charge in [0.2, 0.25) is 11.8 Å². The number of hydrogen-bond acceptors (Lipinski definition) is 4. The first-order valence-electron chi connectivity index (χ1n) is 10.3. The zero-order chi connectivity index (χ0) is 22.9. The van der Waals surface area contributed by atoms with E-state index < -0.39 is 11.8 Å². The fraction of sp³-hybridized carbons (Fsp3) is 0.261. The number of benzene rings is 2. The van der Waals surface area contributed by atoms with E-state index in [1.54, 1.807) is 18.2 Å². The Balaban J connectivity index is 1.41. The Morgan fingerprint density at radius 2 is 1.72 bits per heavy atom. The van der Waals surface area contributed by atoms with Crippen LogP contribution in [-0.2, 0) is 16.1 Å². The van der Waals surface area contributed by atoms with Crippen LogP contribution < -0.4 is 20.9 Å². The number of fused-ring (bicyclic) bond motifs is 1. The van der Waals surface area contributed by atoms with Crippen molar-refractivity contribution in [3.8, 4) is 5.75 Å². The topological polar surface area (TPSA) is 112 Å². The smallest absolute Gasteiger partial charge is 0.286 e. The lowest BCUT2D eigenvalue weighted by Crippen LogP contribution is -2.42. The summed E-state index contributed by atoms with van der Waals surface area (Å²) in [6.45, 7) is 2.87. The molecule has 32 heavy (non-hydrogen) atoms. The number of rotatable bonds is 9. The molecule has 3 amide bonds. The highest BCUT2D eigenvalue weighted by molar-refractivity contribution is 5.99. The Kier molecular flexibility index (Phi) is 7.80. The maximum absolute atomic E-state index is 12.9. The van der Waals surface area contributed by atoms with Gasteiger partial charge >= 0.3 is 0 Å². The van der Waals surface area contributed by atoms with Crippen LogP contribution in [0.25, 0.3) is 10.9 Å². The standard InChI is InChI=1S/C23H25FN4O4/c1-2-11-32-18-7-8-19-16(12-18)13-20(26-19)23(31)28-27-22(30)10-9-21(29)25-14-15-3-5-17(24)6-4-15/h3-8,12-13,26H,2,9-11,14H2,1H3,(H,25,29)(H,27,30)(H,28,31). The number of H-pyrrole nitrogens is 1. The summed E-state index contributed by atoms with van der Waals surface area (Å²) in [4.78, 5) is 39.1. The first-order chi connectivity index (χ1) is 15.4. The van der Waals surface area contributed by atoms with Crippen LogP contribution in [0.1, 0.15) is 42.2 Å². The number of carbonyl (C=O) groups excluding carboxylic acids is 3. The maximum atomic E-state index is 12.9. The first kappa shape index (κ1) is 22.8. The van der Waals surface area contributed by atoms with Gasteiger partial charge in [-0.2, -0.15) is 0 Å². The largest absolute Gasteiger partial charge is 0.494 e. The van der Waals surface area contributed by atoms with Crippen LogP contribution in [0.5, 0.6) is 5.75 Å². The summed E-state index contributed by atoms with van der Waals surface area (Å²) in [5.41, 5.74) is 6.42. The minimum absolute atomic E-state index is 0.0458. The molecule has 0 radical (unpaired) electrons. The summed E-state index contributed by atoms with van der Waals surface area (Å²) >= 11 is 0. The minimum Gasteiger partial charge on any atom is -0.494 e. The fourth-order valence-electron chi connectivity index (χ4n) is 2.92. The van der Waals surface area contributed by atoms with Crippen molar-refractivity contribution in [1.82, 2.24) is 21.2 Å². The summed E-state index contributed by atoms with van der Waals surface area (Å²) in [6.07, 6.45) is 0.755. The molecule has 0 unspecified atom stereocenters. The van der Waals surface area contributed by atoms with E-state index in [0.717, 1.165) is 28.6 Å². The van der Waals surface area contributed by atoms with Crippen molar-refractivity contribution < 1.29 is 23.5 Å². The average Bonchev–Trinajstić information content (AvgIpc) is 3.23. The molecule has 0 bridgehead atoms. The van der Waals surface area contributed by atoms with Crippen molar-refractivity contribution in [3.63, 3.8) is 0 Å². The molecule has 8 nitrogen and oxygen atoms in total. The molecular formula is C23H25FN4O4. The van der Waals surface area contributed by atoms with Crippen LogP contribution in [0.3, 0.4) is 0 Å². The molecule has 0 spiro atoms. The quantitative estimate of drug-likeness (QED) is 0.383. The molecule has 0 aliphatic carbocycles. The second-order valence-electron chi connectivity index (χ2n) is 7.19. The molecule has 9 heteroatoms. The van der Waals surface area contributed by atoms with E-state index in [0.29, 0.717) is 6.61 Å². The van der Waals surface area contributed by atoms with E-state index in [4.69, 9.17) is 4.74 Å². The van der Waals surface area contributed by atoms with Gasteiger partial charge in [0.15, 0.2) is 0 Å². The monoisotopic (exact) mass is 440 g/mol. The van der Waals surface area contributed by atoms with E-state index >= 15 is 0 Å². The van der Waals surface area contributed by atoms with E-state index in [9.17, 15) is 18.8 Å². The van der Waals surface area contributed by atoms with Gasteiger partial charge in [0.1, 0.15) is 17.3 Å². The number of hydrazine groups is 1. The molecule has 0 saturated heterocycles. The third kappa shape index (κ3) is 6.56. The Morgan fingerprint density at radius 1 is 0.969 bits per heavy atom. The van der Waals surface area contributed by atoms with E-state index in [-0.39, 0.29) is 36.8 Å². The maximum Gasteiger partial charge on any atom is 0.286 e. The van der Waals surface area contributed by atoms with Crippen LogP contribution in [0, 0.1) is 5.82 Å². The number of halogens is 1. The van der Waals surface area contributed by atoms with Crippen molar-refractivity contribution in [2.75, 3.05) is 6.61 Å². The molecule has 4 N–H and O–H groups in total. The van der Waals surface area contributed by atoms with Crippen LogP contribution >= 0.6 is 0 Å². The van der Waals surface area contributed by atoms with E-state index in [2.05, 4.69) is 21.2 Å². The highest BCUT2D eigenvalue weighted by atomic mass is 19.1. The number of ether oxygens (including phenoxy) is 1. The summed E-state index contributed by atoms with van der Waals surface area (Å²) in [6, 6.07) is 12.9. The highest BCUT2D eigenvalue weighted by Gasteiger charge is 2.12. The molecule has 168 valence electrons. The van der Waals surface area contributed by atoms with Crippen molar-refractivity contribution in [3.05, 3.63) is 65.6 Å². The SMILES string of the molecule is CCCOc1ccc2[nH]c(C(=O)NNC(=O)CCC(=O)NCc3ccc(F)cc3)cc2c1. The molecule has 0 aliphatic rings. The highest BCUT2D eigenvalue weighted by Crippen LogP contribution is 2.21. The molecule has 2 aromatic carbocycles. The lowest BCUT2D eigenvalue weighted by molar-refractivity contribution is -0.126. The zero-order valence-corrected chi connectivity index (χ0v) is 17.7. The van der Waals surface area contributed by atoms with Crippen LogP contribution in [-0.4, -0.2) is 29.3 Å². The minimum atomic E-state index is -0.508. The number of amides is 3. The predicted molar refractivity (Wildman–Crippen MR) is 117 cm³/mol. The molecule has 0 aliphatic heterocycles. The van der Waals surface area contributed by atoms with Gasteiger partial charge in [-0.1, -0.05) is 19.1 Å². The summed E-state index contributed by atoms with van der Waals surface area (Å²) < 4.78 is 18.5. The van der Waals surface area contributed by atoms with E-state index in [1.807, 2.05) is 25.1 Å². The number of aromatic nitrogens is 1. The molecular weight excluding hydrogens is 415 g/mol. The van der Waals surface area contributed by atoms with Gasteiger partial charge in [-0.3, -0.25) is 25.2 Å². The Morgan fingerprint density at radius 3 is 2.47 bits per heavy atom. The van der Waals surface area contributed by atoms with Crippen LogP contribution in [0.2, 0.25) is 0 Å². The van der Waals surface area contributed by atoms with Gasteiger partial charge in [0.25, 0.3) is 5.91 Å². The lowest BCUT2D eigenvalue weighted by Gasteiger charge is -2.07. The Bertz CT molecular complexity index is 1100. The van der Waals surface area contributed by atoms with Gasteiger partial charge < -0.3 is 15.0 Å². The second-order valence-corrected chi connectivity index (χ2v) is 7.19. The van der Waals surface area contributed by atoms with Crippen molar-refractivity contribution >= 4 is 28.6 Å². The van der Waals surface area contributed by atoms with Gasteiger partial charge in [-0.05, 0) is 48.4 Å². The number of aromatic amines is 1. The first-order valence-corrected chi connectivity index (χ1v) is 10.3. The predicted octanol–water partition coefficient (Wildman–Crippen LogP) is 2.95. The van der Waals surface area contributed by atoms with Gasteiger partial charge in [-0.25, -0.2) is 4.39 Å². The van der Waals surface area contributed by atoms with Crippen LogP contribution in [0.4, 0.5) is 4.39 Å². The van der Waals surface area contributed by atoms with Crippen molar-refractivity contribution in [2.24, 2.45) is 0 Å². The molecule has 0 atom stereocenters. The average molecular weight is 440 g/mol. The number of nitrogens with one attached hydrogen (secondary N) is 4. The van der Waals surface area contributed by atoms with Crippen molar-refractivity contribution in [2.45, 2.75) is 32.7 Å². The third-order valence-corrected chi connectivity index (χ3v) is 4.61. The van der Waals surface area contributed by atoms with Gasteiger partial charge in [0.05, 0.1) is 6.61 Å². The molecule has 3 aromatic rings. The second kappa shape index (κ2) is 10.9. The summed E-state index contributed by atoms with van der Waals surface area (Å²) in [7, 11) is 0. The normalized spacial score (nSPS) is 10.6. The van der Waals surface area contributed by atoms with Crippen molar-refractivity contribution in [1.29, 1.82) is 0 Å². The zero-order valence-electron chi connectivity index (χ0n) is 17.7. The molecule has 3 rings (SSSR count). The van der Waals surface area contributed by atoms with Gasteiger partial charge in [-0.15, -0.1) is 0 Å². The summed E-state index contributed by atoms with van der Waals surface area (Å²) in [5.74, 6) is -0.964. The fourth-order valence-corrected chi connectivity index (χ4v) is 2.92. The van der Waals surface area contributed by atoms with Gasteiger partial charge in [0, 0.05) is 30.3 Å². The Labute approximate surface area is 184 Å². The molecule has 1 heterocycles. The molecule has 0 saturated carbocycles. The molecule has 1 aromatic heterocycles. The van der Waals surface area contributed by atoms with Crippen LogP contribution in [0.15, 0.2) is 48.5 Å². The van der Waals surface area contributed by atoms with E-state index in [1.165, 1.54) is 12.1 Å². The molecule has 0 fully saturated rings. The number of hydrogen-bond donors (Lipinski definition) is 4. The number of carbonyl (C=O) groups is 3. The Hall–Kier alpha value is -3.88. The summed E-state index contributed by atoms with van der Waals surface area (Å²) in [5, 5.41) is 3.47. The third-order valence-electron chi connectivity index (χ3n) is 4.61. The lowest BCUT2D eigenvalue weighted by atomic mass is 10.2.